The number of hydrogen-bond acceptors (Lipinski definition) is 3. The first-order valence-electron chi connectivity index (χ1n) is 6.99. The molecule has 124 valence electrons. The van der Waals surface area contributed by atoms with E-state index in [-0.39, 0.29) is 6.61 Å². The first-order chi connectivity index (χ1) is 10.7. The van der Waals surface area contributed by atoms with Gasteiger partial charge in [-0.1, -0.05) is 30.3 Å². The molecule has 2 bridgehead atoms. The Hall–Kier alpha value is -2.25. The van der Waals surface area contributed by atoms with E-state index < -0.39 is 48.6 Å². The molecular weight excluding hydrogens is 315 g/mol. The summed E-state index contributed by atoms with van der Waals surface area (Å²) in [5.41, 5.74) is -3.26. The molecule has 1 aliphatic carbocycles. The zero-order chi connectivity index (χ0) is 16.9. The van der Waals surface area contributed by atoms with Crippen molar-refractivity contribution in [1.29, 1.82) is 0 Å². The first kappa shape index (κ1) is 15.6. The van der Waals surface area contributed by atoms with Gasteiger partial charge in [-0.25, -0.2) is 9.59 Å². The van der Waals surface area contributed by atoms with Gasteiger partial charge < -0.3 is 9.84 Å². The molecular formula is C15H14F3NO4. The maximum Gasteiger partial charge on any atom is 0.411 e. The Morgan fingerprint density at radius 2 is 1.83 bits per heavy atom. The molecule has 5 nitrogen and oxygen atoms in total. The van der Waals surface area contributed by atoms with Crippen molar-refractivity contribution in [3.05, 3.63) is 35.9 Å². The van der Waals surface area contributed by atoms with Crippen molar-refractivity contribution in [1.82, 2.24) is 4.90 Å². The normalized spacial score (nSPS) is 29.1. The van der Waals surface area contributed by atoms with E-state index in [0.717, 1.165) is 0 Å². The SMILES string of the molecule is O=C(OCc1ccccc1)N1CC2(C(F)(F)F)CC1(C(=O)O)C2. The summed E-state index contributed by atoms with van der Waals surface area (Å²) in [7, 11) is 0. The maximum atomic E-state index is 13.1. The number of alkyl halides is 3. The zero-order valence-electron chi connectivity index (χ0n) is 12.0. The predicted molar refractivity (Wildman–Crippen MR) is 71.4 cm³/mol. The Morgan fingerprint density at radius 1 is 1.22 bits per heavy atom. The zero-order valence-corrected chi connectivity index (χ0v) is 12.0. The lowest BCUT2D eigenvalue weighted by Gasteiger charge is -2.44. The van der Waals surface area contributed by atoms with Crippen LogP contribution in [0.1, 0.15) is 18.4 Å². The van der Waals surface area contributed by atoms with Crippen molar-refractivity contribution in [2.24, 2.45) is 5.41 Å². The summed E-state index contributed by atoms with van der Waals surface area (Å²) in [6.07, 6.45) is -6.79. The maximum absolute atomic E-state index is 13.1. The van der Waals surface area contributed by atoms with Gasteiger partial charge in [-0.3, -0.25) is 4.90 Å². The number of amides is 1. The molecule has 0 spiro atoms. The lowest BCUT2D eigenvalue weighted by molar-refractivity contribution is -0.243. The molecule has 23 heavy (non-hydrogen) atoms. The van der Waals surface area contributed by atoms with Crippen LogP contribution < -0.4 is 0 Å². The van der Waals surface area contributed by atoms with Gasteiger partial charge in [0, 0.05) is 6.54 Å². The Balaban J connectivity index is 1.74. The van der Waals surface area contributed by atoms with Crippen LogP contribution in [0.15, 0.2) is 30.3 Å². The van der Waals surface area contributed by atoms with E-state index in [9.17, 15) is 27.9 Å². The predicted octanol–water partition coefficient (Wildman–Crippen LogP) is 2.80. The summed E-state index contributed by atoms with van der Waals surface area (Å²) < 4.78 is 44.4. The average Bonchev–Trinajstić information content (AvgIpc) is 2.98. The van der Waals surface area contributed by atoms with Gasteiger partial charge in [0.25, 0.3) is 0 Å². The highest BCUT2D eigenvalue weighted by Crippen LogP contribution is 2.66. The molecule has 2 aliphatic heterocycles. The molecule has 2 saturated heterocycles. The molecule has 1 saturated carbocycles. The molecule has 0 aromatic heterocycles. The minimum Gasteiger partial charge on any atom is -0.479 e. The Kier molecular flexibility index (Phi) is 3.31. The number of carbonyl (C=O) groups excluding carboxylic acids is 1. The van der Waals surface area contributed by atoms with E-state index in [1.54, 1.807) is 30.3 Å². The van der Waals surface area contributed by atoms with Crippen molar-refractivity contribution in [3.8, 4) is 0 Å². The van der Waals surface area contributed by atoms with E-state index in [2.05, 4.69) is 0 Å². The van der Waals surface area contributed by atoms with Crippen molar-refractivity contribution >= 4 is 12.1 Å². The van der Waals surface area contributed by atoms with Gasteiger partial charge in [0.1, 0.15) is 12.1 Å². The number of carbonyl (C=O) groups is 2. The van der Waals surface area contributed by atoms with Gasteiger partial charge in [0.2, 0.25) is 0 Å². The van der Waals surface area contributed by atoms with Crippen LogP contribution >= 0.6 is 0 Å². The summed E-state index contributed by atoms with van der Waals surface area (Å²) in [5.74, 6) is -1.42. The third-order valence-electron chi connectivity index (χ3n) is 4.66. The number of rotatable bonds is 3. The lowest BCUT2D eigenvalue weighted by Crippen LogP contribution is -2.59. The minimum absolute atomic E-state index is 0.120. The Morgan fingerprint density at radius 3 is 2.35 bits per heavy atom. The molecule has 1 amide bonds. The molecule has 1 aromatic rings. The molecule has 0 unspecified atom stereocenters. The summed E-state index contributed by atoms with van der Waals surface area (Å²) in [5, 5.41) is 9.28. The van der Waals surface area contributed by atoms with E-state index in [1.807, 2.05) is 0 Å². The molecule has 0 atom stereocenters. The number of ether oxygens (including phenoxy) is 1. The van der Waals surface area contributed by atoms with Crippen LogP contribution in [0.4, 0.5) is 18.0 Å². The second kappa shape index (κ2) is 4.87. The van der Waals surface area contributed by atoms with E-state index in [1.165, 1.54) is 0 Å². The van der Waals surface area contributed by atoms with Gasteiger partial charge in [-0.2, -0.15) is 13.2 Å². The van der Waals surface area contributed by atoms with Crippen molar-refractivity contribution < 1.29 is 32.6 Å². The molecule has 4 rings (SSSR count). The molecule has 0 radical (unpaired) electrons. The molecule has 1 N–H and O–H groups in total. The number of aliphatic carboxylic acids is 1. The molecule has 1 aromatic carbocycles. The third kappa shape index (κ3) is 2.24. The third-order valence-corrected chi connectivity index (χ3v) is 4.66. The fraction of sp³-hybridized carbons (Fsp3) is 0.467. The Bertz CT molecular complexity index is 638. The van der Waals surface area contributed by atoms with Gasteiger partial charge >= 0.3 is 18.2 Å². The van der Waals surface area contributed by atoms with Crippen LogP contribution in [0.5, 0.6) is 0 Å². The van der Waals surface area contributed by atoms with Gasteiger partial charge in [-0.15, -0.1) is 0 Å². The average molecular weight is 329 g/mol. The van der Waals surface area contributed by atoms with Crippen LogP contribution in [0, 0.1) is 5.41 Å². The van der Waals surface area contributed by atoms with Crippen LogP contribution in [0.3, 0.4) is 0 Å². The highest BCUT2D eigenvalue weighted by Gasteiger charge is 2.79. The van der Waals surface area contributed by atoms with Gasteiger partial charge in [-0.05, 0) is 18.4 Å². The van der Waals surface area contributed by atoms with Crippen LogP contribution in [-0.4, -0.2) is 40.3 Å². The monoisotopic (exact) mass is 329 g/mol. The first-order valence-corrected chi connectivity index (χ1v) is 6.99. The molecule has 2 heterocycles. The largest absolute Gasteiger partial charge is 0.479 e. The van der Waals surface area contributed by atoms with Crippen LogP contribution in [0.2, 0.25) is 0 Å². The summed E-state index contributed by atoms with van der Waals surface area (Å²) in [6.45, 7) is -0.790. The number of fused-ring (bicyclic) bond motifs is 1. The van der Waals surface area contributed by atoms with Crippen molar-refractivity contribution in [3.63, 3.8) is 0 Å². The van der Waals surface area contributed by atoms with Gasteiger partial charge in [0.15, 0.2) is 0 Å². The number of hydrogen-bond donors (Lipinski definition) is 1. The van der Waals surface area contributed by atoms with E-state index in [4.69, 9.17) is 4.74 Å². The van der Waals surface area contributed by atoms with E-state index in [0.29, 0.717) is 10.5 Å². The fourth-order valence-electron chi connectivity index (χ4n) is 3.42. The quantitative estimate of drug-likeness (QED) is 0.926. The topological polar surface area (TPSA) is 66.8 Å². The van der Waals surface area contributed by atoms with Gasteiger partial charge in [0.05, 0.1) is 5.41 Å². The second-order valence-electron chi connectivity index (χ2n) is 6.09. The number of carboxylic acids is 1. The second-order valence-corrected chi connectivity index (χ2v) is 6.09. The minimum atomic E-state index is -4.54. The molecule has 3 fully saturated rings. The smallest absolute Gasteiger partial charge is 0.411 e. The highest BCUT2D eigenvalue weighted by atomic mass is 19.4. The van der Waals surface area contributed by atoms with Crippen LogP contribution in [0.25, 0.3) is 0 Å². The number of benzene rings is 1. The summed E-state index contributed by atoms with van der Waals surface area (Å²) in [6, 6.07) is 8.62. The number of nitrogens with zero attached hydrogens (tertiary/aromatic N) is 1. The lowest BCUT2D eigenvalue weighted by atomic mass is 9.61. The van der Waals surface area contributed by atoms with E-state index >= 15 is 0 Å². The highest BCUT2D eigenvalue weighted by molar-refractivity contribution is 5.87. The molecule has 8 heteroatoms. The fourth-order valence-corrected chi connectivity index (χ4v) is 3.42. The Labute approximate surface area is 129 Å². The summed E-state index contributed by atoms with van der Waals surface area (Å²) in [4.78, 5) is 24.2. The van der Waals surface area contributed by atoms with Crippen LogP contribution in [-0.2, 0) is 16.1 Å². The van der Waals surface area contributed by atoms with Crippen molar-refractivity contribution in [2.45, 2.75) is 31.2 Å². The number of carboxylic acid groups (broad SMARTS) is 1. The standard InChI is InChI=1S/C15H14F3NO4/c16-15(17,18)13-7-14(8-13,11(20)21)19(9-13)12(22)23-6-10-4-2-1-3-5-10/h1-5H,6-9H2,(H,20,21). The number of halogens is 3. The molecule has 3 aliphatic rings. The summed E-state index contributed by atoms with van der Waals surface area (Å²) >= 11 is 0. The van der Waals surface area contributed by atoms with Crippen molar-refractivity contribution in [2.75, 3.05) is 6.54 Å².